The first kappa shape index (κ1) is 10.6. The van der Waals surface area contributed by atoms with Crippen LogP contribution in [0.2, 0.25) is 0 Å². The van der Waals surface area contributed by atoms with Gasteiger partial charge in [0.25, 0.3) is 6.43 Å². The average molecular weight is 206 g/mol. The highest BCUT2D eigenvalue weighted by Gasteiger charge is 2.21. The van der Waals surface area contributed by atoms with Gasteiger partial charge in [-0.25, -0.2) is 8.78 Å². The normalized spacial score (nSPS) is 13.2. The lowest BCUT2D eigenvalue weighted by atomic mass is 10.2. The molecule has 14 heavy (non-hydrogen) atoms. The number of rotatable bonds is 2. The fraction of sp³-hybridized carbons (Fsp3) is 0.375. The standard InChI is InChI=1S/C8H8F2O4/c1-3(11)7-6(13)5(12)4(2-14-7)8(9)10/h2-3,8,11,13H,1H3. The summed E-state index contributed by atoms with van der Waals surface area (Å²) in [6.07, 6.45) is -3.70. The Morgan fingerprint density at radius 1 is 1.50 bits per heavy atom. The van der Waals surface area contributed by atoms with Crippen LogP contribution in [-0.2, 0) is 0 Å². The molecule has 0 radical (unpaired) electrons. The molecule has 78 valence electrons. The van der Waals surface area contributed by atoms with Crippen LogP contribution in [0.15, 0.2) is 15.5 Å². The number of aliphatic hydroxyl groups excluding tert-OH is 1. The first-order valence-electron chi connectivity index (χ1n) is 3.76. The van der Waals surface area contributed by atoms with Gasteiger partial charge >= 0.3 is 0 Å². The van der Waals surface area contributed by atoms with Gasteiger partial charge in [0, 0.05) is 0 Å². The molecule has 0 saturated carbocycles. The highest BCUT2D eigenvalue weighted by Crippen LogP contribution is 2.24. The van der Waals surface area contributed by atoms with Crippen LogP contribution in [0.1, 0.15) is 30.8 Å². The van der Waals surface area contributed by atoms with Crippen LogP contribution in [-0.4, -0.2) is 10.2 Å². The molecule has 0 aromatic carbocycles. The Hall–Kier alpha value is -1.43. The topological polar surface area (TPSA) is 70.7 Å². The maximum atomic E-state index is 12.1. The molecule has 1 heterocycles. The van der Waals surface area contributed by atoms with Crippen molar-refractivity contribution >= 4 is 0 Å². The van der Waals surface area contributed by atoms with Crippen LogP contribution >= 0.6 is 0 Å². The molecule has 0 spiro atoms. The Morgan fingerprint density at radius 2 is 2.07 bits per heavy atom. The molecule has 1 aromatic heterocycles. The predicted octanol–water partition coefficient (Wildman–Crippen LogP) is 1.34. The Kier molecular flexibility index (Phi) is 2.85. The molecule has 0 aliphatic carbocycles. The van der Waals surface area contributed by atoms with Crippen LogP contribution in [0, 0.1) is 0 Å². The third-order valence-corrected chi connectivity index (χ3v) is 1.64. The quantitative estimate of drug-likeness (QED) is 0.765. The molecule has 4 nitrogen and oxygen atoms in total. The van der Waals surface area contributed by atoms with Crippen LogP contribution in [0.3, 0.4) is 0 Å². The SMILES string of the molecule is CC(O)c1occ(C(F)F)c(=O)c1O. The molecule has 0 bridgehead atoms. The third kappa shape index (κ3) is 1.74. The highest BCUT2D eigenvalue weighted by atomic mass is 19.3. The van der Waals surface area contributed by atoms with Crippen LogP contribution in [0.5, 0.6) is 5.75 Å². The summed E-state index contributed by atoms with van der Waals surface area (Å²) in [6, 6.07) is 0. The highest BCUT2D eigenvalue weighted by molar-refractivity contribution is 5.29. The molecule has 2 N–H and O–H groups in total. The molecular formula is C8H8F2O4. The van der Waals surface area contributed by atoms with E-state index in [1.807, 2.05) is 0 Å². The van der Waals surface area contributed by atoms with Crippen molar-refractivity contribution in [2.75, 3.05) is 0 Å². The second kappa shape index (κ2) is 3.75. The lowest BCUT2D eigenvalue weighted by molar-refractivity contribution is 0.136. The van der Waals surface area contributed by atoms with E-state index in [9.17, 15) is 13.6 Å². The van der Waals surface area contributed by atoms with E-state index in [1.165, 1.54) is 6.92 Å². The Balaban J connectivity index is 3.34. The van der Waals surface area contributed by atoms with Gasteiger partial charge < -0.3 is 14.6 Å². The van der Waals surface area contributed by atoms with Gasteiger partial charge in [0.05, 0.1) is 0 Å². The summed E-state index contributed by atoms with van der Waals surface area (Å²) in [5.74, 6) is -1.39. The van der Waals surface area contributed by atoms with Crippen molar-refractivity contribution in [1.29, 1.82) is 0 Å². The largest absolute Gasteiger partial charge is 0.502 e. The average Bonchev–Trinajstić information content (AvgIpc) is 2.08. The summed E-state index contributed by atoms with van der Waals surface area (Å²) in [5, 5.41) is 18.1. The molecule has 0 aliphatic heterocycles. The van der Waals surface area contributed by atoms with Crippen molar-refractivity contribution in [3.8, 4) is 5.75 Å². The van der Waals surface area contributed by atoms with Gasteiger partial charge in [-0.2, -0.15) is 0 Å². The van der Waals surface area contributed by atoms with E-state index in [0.29, 0.717) is 6.26 Å². The zero-order valence-corrected chi connectivity index (χ0v) is 7.20. The van der Waals surface area contributed by atoms with E-state index in [4.69, 9.17) is 10.2 Å². The molecule has 1 aromatic rings. The smallest absolute Gasteiger partial charge is 0.270 e. The fourth-order valence-electron chi connectivity index (χ4n) is 0.932. The molecule has 1 unspecified atom stereocenters. The minimum absolute atomic E-state index is 0.417. The van der Waals surface area contributed by atoms with Gasteiger partial charge in [0.2, 0.25) is 11.2 Å². The van der Waals surface area contributed by atoms with E-state index in [0.717, 1.165) is 0 Å². The Morgan fingerprint density at radius 3 is 2.50 bits per heavy atom. The summed E-state index contributed by atoms with van der Waals surface area (Å²) < 4.78 is 28.7. The fourth-order valence-corrected chi connectivity index (χ4v) is 0.932. The van der Waals surface area contributed by atoms with Crippen molar-refractivity contribution in [3.05, 3.63) is 27.8 Å². The molecule has 0 amide bonds. The molecule has 0 saturated heterocycles. The minimum atomic E-state index is -3.01. The zero-order chi connectivity index (χ0) is 10.9. The second-order valence-electron chi connectivity index (χ2n) is 2.71. The van der Waals surface area contributed by atoms with Crippen molar-refractivity contribution < 1.29 is 23.4 Å². The number of halogens is 2. The molecule has 0 aliphatic rings. The molecular weight excluding hydrogens is 198 g/mol. The summed E-state index contributed by atoms with van der Waals surface area (Å²) in [7, 11) is 0. The van der Waals surface area contributed by atoms with Crippen molar-refractivity contribution in [2.24, 2.45) is 0 Å². The minimum Gasteiger partial charge on any atom is -0.502 e. The monoisotopic (exact) mass is 206 g/mol. The predicted molar refractivity (Wildman–Crippen MR) is 42.2 cm³/mol. The third-order valence-electron chi connectivity index (χ3n) is 1.64. The number of hydrogen-bond donors (Lipinski definition) is 2. The van der Waals surface area contributed by atoms with E-state index in [1.54, 1.807) is 0 Å². The van der Waals surface area contributed by atoms with Crippen LogP contribution < -0.4 is 5.43 Å². The number of aliphatic hydroxyl groups is 1. The van der Waals surface area contributed by atoms with Gasteiger partial charge in [-0.05, 0) is 6.92 Å². The first-order chi connectivity index (χ1) is 6.45. The zero-order valence-electron chi connectivity index (χ0n) is 7.20. The number of hydrogen-bond acceptors (Lipinski definition) is 4. The summed E-state index contributed by atoms with van der Waals surface area (Å²) in [4.78, 5) is 11.0. The summed E-state index contributed by atoms with van der Waals surface area (Å²) in [5.41, 5.74) is -2.14. The maximum absolute atomic E-state index is 12.1. The Bertz CT molecular complexity index is 383. The van der Waals surface area contributed by atoms with Gasteiger partial charge in [-0.3, -0.25) is 4.79 Å². The number of aromatic hydroxyl groups is 1. The van der Waals surface area contributed by atoms with Gasteiger partial charge in [-0.15, -0.1) is 0 Å². The van der Waals surface area contributed by atoms with E-state index < -0.39 is 35.0 Å². The lowest BCUT2D eigenvalue weighted by Gasteiger charge is -2.06. The van der Waals surface area contributed by atoms with Gasteiger partial charge in [0.1, 0.15) is 17.9 Å². The van der Waals surface area contributed by atoms with Crippen LogP contribution in [0.25, 0.3) is 0 Å². The van der Waals surface area contributed by atoms with E-state index in [2.05, 4.69) is 4.42 Å². The lowest BCUT2D eigenvalue weighted by Crippen LogP contribution is -2.11. The van der Waals surface area contributed by atoms with Crippen molar-refractivity contribution in [3.63, 3.8) is 0 Å². The first-order valence-corrected chi connectivity index (χ1v) is 3.76. The summed E-state index contributed by atoms with van der Waals surface area (Å²) in [6.45, 7) is 1.24. The van der Waals surface area contributed by atoms with Gasteiger partial charge in [-0.1, -0.05) is 0 Å². The van der Waals surface area contributed by atoms with Crippen LogP contribution in [0.4, 0.5) is 8.78 Å². The summed E-state index contributed by atoms with van der Waals surface area (Å²) >= 11 is 0. The molecule has 1 atom stereocenters. The number of alkyl halides is 2. The second-order valence-corrected chi connectivity index (χ2v) is 2.71. The van der Waals surface area contributed by atoms with E-state index >= 15 is 0 Å². The van der Waals surface area contributed by atoms with E-state index in [-0.39, 0.29) is 0 Å². The van der Waals surface area contributed by atoms with Crippen molar-refractivity contribution in [1.82, 2.24) is 0 Å². The Labute approximate surface area is 77.4 Å². The van der Waals surface area contributed by atoms with Crippen molar-refractivity contribution in [2.45, 2.75) is 19.5 Å². The molecule has 1 rings (SSSR count). The molecule has 0 fully saturated rings. The van der Waals surface area contributed by atoms with Gasteiger partial charge in [0.15, 0.2) is 5.76 Å². The maximum Gasteiger partial charge on any atom is 0.270 e. The molecule has 6 heteroatoms.